The largest absolute Gasteiger partial charge is 0.392 e. The Kier molecular flexibility index (Phi) is 3.71. The van der Waals surface area contributed by atoms with Crippen molar-refractivity contribution in [3.8, 4) is 0 Å². The molecule has 0 aromatic heterocycles. The first-order chi connectivity index (χ1) is 6.94. The second-order valence-electron chi connectivity index (χ2n) is 4.59. The van der Waals surface area contributed by atoms with Gasteiger partial charge in [-0.3, -0.25) is 4.79 Å². The number of rotatable bonds is 5. The van der Waals surface area contributed by atoms with Crippen molar-refractivity contribution in [1.29, 1.82) is 0 Å². The molecular formula is C11H20N2OS. The molecule has 0 aromatic rings. The number of thiocarbonyl (C=S) groups is 1. The number of nitrogens with one attached hydrogen (secondary N) is 1. The van der Waals surface area contributed by atoms with Gasteiger partial charge in [-0.25, -0.2) is 0 Å². The highest BCUT2D eigenvalue weighted by Crippen LogP contribution is 2.46. The topological polar surface area (TPSA) is 55.1 Å². The van der Waals surface area contributed by atoms with Crippen LogP contribution in [0.3, 0.4) is 0 Å². The molecule has 1 rings (SSSR count). The molecule has 2 unspecified atom stereocenters. The van der Waals surface area contributed by atoms with E-state index in [0.29, 0.717) is 10.9 Å². The molecule has 0 aromatic carbocycles. The smallest absolute Gasteiger partial charge is 0.233 e. The quantitative estimate of drug-likeness (QED) is 0.703. The minimum atomic E-state index is -0.517. The molecular weight excluding hydrogens is 208 g/mol. The second-order valence-corrected chi connectivity index (χ2v) is 5.03. The average Bonchev–Trinajstić information content (AvgIpc) is 2.96. The van der Waals surface area contributed by atoms with Crippen molar-refractivity contribution >= 4 is 23.1 Å². The lowest BCUT2D eigenvalue weighted by Crippen LogP contribution is -2.45. The van der Waals surface area contributed by atoms with Gasteiger partial charge in [-0.2, -0.15) is 0 Å². The van der Waals surface area contributed by atoms with Crippen LogP contribution < -0.4 is 11.1 Å². The van der Waals surface area contributed by atoms with E-state index in [2.05, 4.69) is 19.2 Å². The zero-order chi connectivity index (χ0) is 11.6. The first-order valence-electron chi connectivity index (χ1n) is 5.55. The van der Waals surface area contributed by atoms with Gasteiger partial charge in [-0.15, -0.1) is 0 Å². The number of hydrogen-bond acceptors (Lipinski definition) is 2. The standard InChI is InChI=1S/C11H20N2OS/c1-4-7(2)8(3)13-10(14)11(5-6-11)9(12)15/h7-8H,4-6H2,1-3H3,(H2,12,15)(H,13,14). The van der Waals surface area contributed by atoms with Crippen molar-refractivity contribution in [2.24, 2.45) is 17.1 Å². The highest BCUT2D eigenvalue weighted by atomic mass is 32.1. The molecule has 3 nitrogen and oxygen atoms in total. The molecule has 86 valence electrons. The van der Waals surface area contributed by atoms with Gasteiger partial charge in [-0.1, -0.05) is 32.5 Å². The number of carbonyl (C=O) groups is 1. The molecule has 1 aliphatic carbocycles. The van der Waals surface area contributed by atoms with Gasteiger partial charge in [0.2, 0.25) is 5.91 Å². The third-order valence-electron chi connectivity index (χ3n) is 3.51. The first-order valence-corrected chi connectivity index (χ1v) is 5.95. The Bertz CT molecular complexity index is 274. The monoisotopic (exact) mass is 228 g/mol. The Morgan fingerprint density at radius 2 is 2.07 bits per heavy atom. The van der Waals surface area contributed by atoms with Crippen LogP contribution >= 0.6 is 12.2 Å². The van der Waals surface area contributed by atoms with Crippen molar-refractivity contribution in [3.63, 3.8) is 0 Å². The average molecular weight is 228 g/mol. The fraction of sp³-hybridized carbons (Fsp3) is 0.818. The van der Waals surface area contributed by atoms with E-state index >= 15 is 0 Å². The molecule has 0 heterocycles. The van der Waals surface area contributed by atoms with Gasteiger partial charge in [-0.05, 0) is 25.7 Å². The maximum Gasteiger partial charge on any atom is 0.233 e. The Morgan fingerprint density at radius 1 is 1.53 bits per heavy atom. The third-order valence-corrected chi connectivity index (χ3v) is 3.90. The Morgan fingerprint density at radius 3 is 2.40 bits per heavy atom. The lowest BCUT2D eigenvalue weighted by molar-refractivity contribution is -0.124. The van der Waals surface area contributed by atoms with Crippen LogP contribution in [0.1, 0.15) is 40.0 Å². The molecule has 0 aliphatic heterocycles. The van der Waals surface area contributed by atoms with Gasteiger partial charge in [0.25, 0.3) is 0 Å². The zero-order valence-electron chi connectivity index (χ0n) is 9.67. The van der Waals surface area contributed by atoms with E-state index in [0.717, 1.165) is 19.3 Å². The summed E-state index contributed by atoms with van der Waals surface area (Å²) < 4.78 is 0. The molecule has 4 heteroatoms. The lowest BCUT2D eigenvalue weighted by atomic mass is 9.99. The van der Waals surface area contributed by atoms with Crippen LogP contribution in [0, 0.1) is 11.3 Å². The molecule has 1 fully saturated rings. The van der Waals surface area contributed by atoms with E-state index < -0.39 is 5.41 Å². The fourth-order valence-corrected chi connectivity index (χ4v) is 1.85. The summed E-state index contributed by atoms with van der Waals surface area (Å²) in [5.74, 6) is 0.499. The SMILES string of the molecule is CCC(C)C(C)NC(=O)C1(C(N)=S)CC1. The van der Waals surface area contributed by atoms with E-state index in [-0.39, 0.29) is 11.9 Å². The van der Waals surface area contributed by atoms with E-state index in [9.17, 15) is 4.79 Å². The molecule has 3 N–H and O–H groups in total. The van der Waals surface area contributed by atoms with Crippen molar-refractivity contribution in [1.82, 2.24) is 5.32 Å². The van der Waals surface area contributed by atoms with Gasteiger partial charge in [0.1, 0.15) is 0 Å². The molecule has 0 spiro atoms. The summed E-state index contributed by atoms with van der Waals surface area (Å²) >= 11 is 4.93. The van der Waals surface area contributed by atoms with Crippen molar-refractivity contribution in [2.45, 2.75) is 46.1 Å². The summed E-state index contributed by atoms with van der Waals surface area (Å²) in [5.41, 5.74) is 5.07. The van der Waals surface area contributed by atoms with Crippen molar-refractivity contribution < 1.29 is 4.79 Å². The van der Waals surface area contributed by atoms with Gasteiger partial charge < -0.3 is 11.1 Å². The predicted molar refractivity (Wildman–Crippen MR) is 65.5 cm³/mol. The zero-order valence-corrected chi connectivity index (χ0v) is 10.5. The van der Waals surface area contributed by atoms with E-state index in [1.54, 1.807) is 0 Å². The van der Waals surface area contributed by atoms with Crippen LogP contribution in [-0.2, 0) is 4.79 Å². The molecule has 0 saturated heterocycles. The lowest BCUT2D eigenvalue weighted by Gasteiger charge is -2.23. The molecule has 0 bridgehead atoms. The fourth-order valence-electron chi connectivity index (χ4n) is 1.55. The van der Waals surface area contributed by atoms with E-state index in [1.807, 2.05) is 6.92 Å². The van der Waals surface area contributed by atoms with E-state index in [4.69, 9.17) is 18.0 Å². The highest BCUT2D eigenvalue weighted by Gasteiger charge is 2.52. The van der Waals surface area contributed by atoms with Crippen LogP contribution in [0.2, 0.25) is 0 Å². The third kappa shape index (κ3) is 2.48. The summed E-state index contributed by atoms with van der Waals surface area (Å²) in [6.45, 7) is 6.28. The Balaban J connectivity index is 2.53. The molecule has 0 radical (unpaired) electrons. The molecule has 15 heavy (non-hydrogen) atoms. The van der Waals surface area contributed by atoms with Crippen LogP contribution in [0.15, 0.2) is 0 Å². The number of hydrogen-bond donors (Lipinski definition) is 2. The predicted octanol–water partition coefficient (Wildman–Crippen LogP) is 1.60. The van der Waals surface area contributed by atoms with Crippen LogP contribution in [0.5, 0.6) is 0 Å². The van der Waals surface area contributed by atoms with Gasteiger partial charge in [0.05, 0.1) is 10.4 Å². The first kappa shape index (κ1) is 12.4. The van der Waals surface area contributed by atoms with Crippen molar-refractivity contribution in [2.75, 3.05) is 0 Å². The summed E-state index contributed by atoms with van der Waals surface area (Å²) in [6, 6.07) is 0.189. The van der Waals surface area contributed by atoms with E-state index in [1.165, 1.54) is 0 Å². The minimum Gasteiger partial charge on any atom is -0.392 e. The summed E-state index contributed by atoms with van der Waals surface area (Å²) in [6.07, 6.45) is 2.67. The second kappa shape index (κ2) is 4.47. The maximum atomic E-state index is 11.9. The minimum absolute atomic E-state index is 0.0165. The number of nitrogens with two attached hydrogens (primary N) is 1. The Hall–Kier alpha value is -0.640. The summed E-state index contributed by atoms with van der Waals surface area (Å²) in [5, 5.41) is 3.01. The summed E-state index contributed by atoms with van der Waals surface area (Å²) in [7, 11) is 0. The number of carbonyl (C=O) groups excluding carboxylic acids is 1. The Labute approximate surface area is 96.8 Å². The normalized spacial score (nSPS) is 21.5. The van der Waals surface area contributed by atoms with Crippen molar-refractivity contribution in [3.05, 3.63) is 0 Å². The summed E-state index contributed by atoms with van der Waals surface area (Å²) in [4.78, 5) is 12.3. The van der Waals surface area contributed by atoms with Gasteiger partial charge in [0.15, 0.2) is 0 Å². The highest BCUT2D eigenvalue weighted by molar-refractivity contribution is 7.80. The van der Waals surface area contributed by atoms with Crippen LogP contribution in [-0.4, -0.2) is 16.9 Å². The molecule has 1 amide bonds. The van der Waals surface area contributed by atoms with Crippen LogP contribution in [0.4, 0.5) is 0 Å². The van der Waals surface area contributed by atoms with Gasteiger partial charge in [0, 0.05) is 6.04 Å². The van der Waals surface area contributed by atoms with Gasteiger partial charge >= 0.3 is 0 Å². The maximum absolute atomic E-state index is 11.9. The molecule has 1 saturated carbocycles. The molecule has 2 atom stereocenters. The van der Waals surface area contributed by atoms with Crippen LogP contribution in [0.25, 0.3) is 0 Å². The number of amides is 1. The molecule has 1 aliphatic rings.